The van der Waals surface area contributed by atoms with Gasteiger partial charge in [-0.2, -0.15) is 0 Å². The largest absolute Gasteiger partial charge is 0.359 e. The molecular weight excluding hydrogens is 336 g/mol. The van der Waals surface area contributed by atoms with Gasteiger partial charge < -0.3 is 10.6 Å². The van der Waals surface area contributed by atoms with E-state index in [1.54, 1.807) is 0 Å². The maximum Gasteiger partial charge on any atom is 0.257 e. The molecule has 0 unspecified atom stereocenters. The Bertz CT molecular complexity index is 514. The van der Waals surface area contributed by atoms with Gasteiger partial charge in [0.25, 0.3) is 5.91 Å². The van der Waals surface area contributed by atoms with Crippen LogP contribution in [0, 0.1) is 23.2 Å². The summed E-state index contributed by atoms with van der Waals surface area (Å²) in [4.78, 5) is 24.2. The number of hydrazine groups is 1. The maximum absolute atomic E-state index is 12.4. The standard InChI is InChI=1S/C18H30N4O2S/c1-11(2)20-17(25)22-21-16(24)10-19-15(23)9-18-6-12-3-13(7-18)5-14(4-12)8-18/h11-14H,3-10H2,1-2H3,(H,19,23)(H,21,24)(H2,20,22,25). The Kier molecular flexibility index (Phi) is 5.51. The summed E-state index contributed by atoms with van der Waals surface area (Å²) in [6.07, 6.45) is 8.31. The molecule has 4 bridgehead atoms. The normalized spacial score (nSPS) is 32.4. The van der Waals surface area contributed by atoms with E-state index in [-0.39, 0.29) is 29.8 Å². The highest BCUT2D eigenvalue weighted by Gasteiger charge is 2.51. The number of carbonyl (C=O) groups excluding carboxylic acids is 2. The summed E-state index contributed by atoms with van der Waals surface area (Å²) in [6.45, 7) is 3.89. The van der Waals surface area contributed by atoms with Gasteiger partial charge in [-0.1, -0.05) is 0 Å². The molecule has 4 N–H and O–H groups in total. The number of nitrogens with one attached hydrogen (secondary N) is 4. The molecule has 4 rings (SSSR count). The van der Waals surface area contributed by atoms with Gasteiger partial charge in [-0.3, -0.25) is 20.4 Å². The van der Waals surface area contributed by atoms with E-state index in [0.29, 0.717) is 11.5 Å². The molecule has 4 aliphatic rings. The van der Waals surface area contributed by atoms with Crippen LogP contribution in [-0.2, 0) is 9.59 Å². The molecule has 4 saturated carbocycles. The lowest BCUT2D eigenvalue weighted by Crippen LogP contribution is -2.51. The molecule has 0 aromatic rings. The molecule has 0 atom stereocenters. The molecule has 0 saturated heterocycles. The molecule has 140 valence electrons. The number of rotatable bonds is 5. The lowest BCUT2D eigenvalue weighted by Gasteiger charge is -2.56. The molecule has 0 radical (unpaired) electrons. The smallest absolute Gasteiger partial charge is 0.257 e. The predicted molar refractivity (Wildman–Crippen MR) is 100 cm³/mol. The van der Waals surface area contributed by atoms with Gasteiger partial charge in [-0.25, -0.2) is 0 Å². The Morgan fingerprint density at radius 1 is 1.00 bits per heavy atom. The second kappa shape index (κ2) is 7.48. The van der Waals surface area contributed by atoms with Crippen LogP contribution in [-0.4, -0.2) is 29.5 Å². The monoisotopic (exact) mass is 366 g/mol. The van der Waals surface area contributed by atoms with Crippen molar-refractivity contribution < 1.29 is 9.59 Å². The fourth-order valence-corrected chi connectivity index (χ4v) is 5.84. The van der Waals surface area contributed by atoms with E-state index in [1.165, 1.54) is 38.5 Å². The molecule has 0 spiro atoms. The van der Waals surface area contributed by atoms with Crippen LogP contribution >= 0.6 is 12.2 Å². The fraction of sp³-hybridized carbons (Fsp3) is 0.833. The minimum Gasteiger partial charge on any atom is -0.359 e. The van der Waals surface area contributed by atoms with Gasteiger partial charge in [-0.05, 0) is 87.8 Å². The molecule has 4 aliphatic carbocycles. The molecule has 2 amide bonds. The average Bonchev–Trinajstić information content (AvgIpc) is 2.48. The van der Waals surface area contributed by atoms with E-state index in [1.807, 2.05) is 13.8 Å². The van der Waals surface area contributed by atoms with Crippen molar-refractivity contribution in [1.82, 2.24) is 21.5 Å². The molecule has 0 aliphatic heterocycles. The van der Waals surface area contributed by atoms with Crippen LogP contribution in [0.15, 0.2) is 0 Å². The number of hydrogen-bond acceptors (Lipinski definition) is 3. The highest BCUT2D eigenvalue weighted by Crippen LogP contribution is 2.61. The van der Waals surface area contributed by atoms with Gasteiger partial charge in [0.2, 0.25) is 5.91 Å². The zero-order chi connectivity index (χ0) is 18.0. The van der Waals surface area contributed by atoms with E-state index >= 15 is 0 Å². The van der Waals surface area contributed by atoms with Gasteiger partial charge in [0, 0.05) is 12.5 Å². The molecule has 6 nitrogen and oxygen atoms in total. The molecule has 25 heavy (non-hydrogen) atoms. The van der Waals surface area contributed by atoms with Gasteiger partial charge in [0.1, 0.15) is 0 Å². The minimum absolute atomic E-state index is 0.0000167. The lowest BCUT2D eigenvalue weighted by atomic mass is 9.49. The van der Waals surface area contributed by atoms with E-state index in [2.05, 4.69) is 21.5 Å². The summed E-state index contributed by atoms with van der Waals surface area (Å²) in [5, 5.41) is 6.10. The number of thiocarbonyl (C=S) groups is 1. The van der Waals surface area contributed by atoms with Crippen molar-refractivity contribution in [3.05, 3.63) is 0 Å². The average molecular weight is 367 g/mol. The fourth-order valence-electron chi connectivity index (χ4n) is 5.56. The Labute approximate surface area is 155 Å². The lowest BCUT2D eigenvalue weighted by molar-refractivity contribution is -0.132. The van der Waals surface area contributed by atoms with Crippen LogP contribution in [0.5, 0.6) is 0 Å². The van der Waals surface area contributed by atoms with E-state index < -0.39 is 0 Å². The van der Waals surface area contributed by atoms with Crippen LogP contribution in [0.3, 0.4) is 0 Å². The SMILES string of the molecule is CC(C)NC(=S)NNC(=O)CNC(=O)CC12CC3CC(CC(C3)C1)C2. The number of amides is 2. The maximum atomic E-state index is 12.4. The highest BCUT2D eigenvalue weighted by molar-refractivity contribution is 7.80. The van der Waals surface area contributed by atoms with Crippen LogP contribution in [0.25, 0.3) is 0 Å². The molecule has 4 fully saturated rings. The third kappa shape index (κ3) is 4.84. The Morgan fingerprint density at radius 2 is 1.56 bits per heavy atom. The molecule has 7 heteroatoms. The van der Waals surface area contributed by atoms with E-state index in [0.717, 1.165) is 17.8 Å². The zero-order valence-corrected chi connectivity index (χ0v) is 16.0. The highest BCUT2D eigenvalue weighted by atomic mass is 32.1. The summed E-state index contributed by atoms with van der Waals surface area (Å²) in [5.74, 6) is 2.20. The van der Waals surface area contributed by atoms with E-state index in [4.69, 9.17) is 12.2 Å². The molecule has 0 aromatic carbocycles. The third-order valence-corrected chi connectivity index (χ3v) is 6.10. The third-order valence-electron chi connectivity index (χ3n) is 5.88. The van der Waals surface area contributed by atoms with Gasteiger partial charge in [0.05, 0.1) is 6.54 Å². The summed E-state index contributed by atoms with van der Waals surface area (Å²) in [6, 6.07) is 0.192. The first-order chi connectivity index (χ1) is 11.8. The summed E-state index contributed by atoms with van der Waals surface area (Å²) >= 11 is 5.03. The quantitative estimate of drug-likeness (QED) is 0.439. The summed E-state index contributed by atoms with van der Waals surface area (Å²) in [7, 11) is 0. The van der Waals surface area contributed by atoms with Crippen LogP contribution < -0.4 is 21.5 Å². The molecular formula is C18H30N4O2S. The number of carbonyl (C=O) groups is 2. The predicted octanol–water partition coefficient (Wildman–Crippen LogP) is 1.61. The van der Waals surface area contributed by atoms with Crippen LogP contribution in [0.2, 0.25) is 0 Å². The second-order valence-corrected chi connectivity index (χ2v) is 9.08. The van der Waals surface area contributed by atoms with Crippen molar-refractivity contribution in [3.63, 3.8) is 0 Å². The van der Waals surface area contributed by atoms with Gasteiger partial charge >= 0.3 is 0 Å². The zero-order valence-electron chi connectivity index (χ0n) is 15.2. The van der Waals surface area contributed by atoms with Crippen LogP contribution in [0.1, 0.15) is 58.8 Å². The number of hydrogen-bond donors (Lipinski definition) is 4. The summed E-state index contributed by atoms with van der Waals surface area (Å²) < 4.78 is 0. The van der Waals surface area contributed by atoms with Crippen molar-refractivity contribution in [2.45, 2.75) is 64.8 Å². The molecule has 0 aromatic heterocycles. The van der Waals surface area contributed by atoms with Gasteiger partial charge in [-0.15, -0.1) is 0 Å². The Hall–Kier alpha value is -1.37. The molecule has 0 heterocycles. The summed E-state index contributed by atoms with van der Waals surface area (Å²) in [5.41, 5.74) is 5.33. The van der Waals surface area contributed by atoms with Gasteiger partial charge in [0.15, 0.2) is 5.11 Å². The minimum atomic E-state index is -0.299. The van der Waals surface area contributed by atoms with E-state index in [9.17, 15) is 9.59 Å². The van der Waals surface area contributed by atoms with Crippen molar-refractivity contribution in [2.24, 2.45) is 23.2 Å². The first kappa shape index (κ1) is 18.4. The Balaban J connectivity index is 1.38. The Morgan fingerprint density at radius 3 is 2.08 bits per heavy atom. The van der Waals surface area contributed by atoms with Crippen molar-refractivity contribution in [3.8, 4) is 0 Å². The van der Waals surface area contributed by atoms with Crippen molar-refractivity contribution in [2.75, 3.05) is 6.54 Å². The van der Waals surface area contributed by atoms with Crippen molar-refractivity contribution in [1.29, 1.82) is 0 Å². The van der Waals surface area contributed by atoms with Crippen LogP contribution in [0.4, 0.5) is 0 Å². The van der Waals surface area contributed by atoms with Crippen molar-refractivity contribution >= 4 is 29.1 Å². The first-order valence-corrected chi connectivity index (χ1v) is 9.86. The second-order valence-electron chi connectivity index (χ2n) is 8.67. The first-order valence-electron chi connectivity index (χ1n) is 9.45. The topological polar surface area (TPSA) is 82.3 Å².